The molecule has 0 unspecified atom stereocenters. The van der Waals surface area contributed by atoms with Crippen LogP contribution < -0.4 is 0 Å². The van der Waals surface area contributed by atoms with E-state index in [-0.39, 0.29) is 0 Å². The van der Waals surface area contributed by atoms with Crippen LogP contribution in [0.1, 0.15) is 46.6 Å². The maximum atomic E-state index is 11.1. The van der Waals surface area contributed by atoms with Crippen LogP contribution in [-0.2, 0) is 6.42 Å². The highest BCUT2D eigenvalue weighted by Gasteiger charge is 2.23. The lowest BCUT2D eigenvalue weighted by Crippen LogP contribution is -1.97. The van der Waals surface area contributed by atoms with Crippen molar-refractivity contribution < 1.29 is 9.90 Å². The number of aromatic nitrogens is 1. The van der Waals surface area contributed by atoms with Gasteiger partial charge in [-0.2, -0.15) is 0 Å². The maximum Gasteiger partial charge on any atom is 0.347 e. The molecule has 0 spiro atoms. The summed E-state index contributed by atoms with van der Waals surface area (Å²) < 4.78 is 0. The molecular weight excluding hydrogens is 258 g/mol. The molecule has 3 nitrogen and oxygen atoms in total. The minimum absolute atomic E-state index is 0.365. The van der Waals surface area contributed by atoms with Crippen LogP contribution in [0.4, 0.5) is 0 Å². The van der Waals surface area contributed by atoms with Crippen LogP contribution >= 0.6 is 11.3 Å². The molecule has 0 aliphatic heterocycles. The van der Waals surface area contributed by atoms with E-state index in [2.05, 4.69) is 29.2 Å². The molecular formula is C15H15NO2S. The fraction of sp³-hybridized carbons (Fsp3) is 0.333. The minimum Gasteiger partial charge on any atom is -0.477 e. The lowest BCUT2D eigenvalue weighted by Gasteiger charge is -1.99. The molecule has 0 amide bonds. The zero-order valence-electron chi connectivity index (χ0n) is 10.7. The Morgan fingerprint density at radius 1 is 1.37 bits per heavy atom. The third-order valence-corrected chi connectivity index (χ3v) is 4.57. The Kier molecular flexibility index (Phi) is 3.11. The molecule has 98 valence electrons. The molecule has 3 rings (SSSR count). The van der Waals surface area contributed by atoms with Crippen molar-refractivity contribution in [2.45, 2.75) is 32.1 Å². The first-order valence-electron chi connectivity index (χ1n) is 6.52. The van der Waals surface area contributed by atoms with E-state index >= 15 is 0 Å². The number of carboxylic acid groups (broad SMARTS) is 1. The highest BCUT2D eigenvalue weighted by molar-refractivity contribution is 7.17. The van der Waals surface area contributed by atoms with E-state index in [0.717, 1.165) is 16.5 Å². The average molecular weight is 273 g/mol. The number of aromatic carboxylic acids is 1. The van der Waals surface area contributed by atoms with E-state index in [1.165, 1.54) is 29.7 Å². The van der Waals surface area contributed by atoms with Crippen LogP contribution in [0.3, 0.4) is 0 Å². The van der Waals surface area contributed by atoms with Gasteiger partial charge in [0.15, 0.2) is 0 Å². The van der Waals surface area contributed by atoms with Crippen LogP contribution in [0, 0.1) is 0 Å². The van der Waals surface area contributed by atoms with Gasteiger partial charge in [0.25, 0.3) is 0 Å². The maximum absolute atomic E-state index is 11.1. The van der Waals surface area contributed by atoms with Gasteiger partial charge in [0.05, 0.1) is 5.69 Å². The van der Waals surface area contributed by atoms with Crippen LogP contribution in [0.15, 0.2) is 24.3 Å². The van der Waals surface area contributed by atoms with Crippen molar-refractivity contribution in [1.82, 2.24) is 4.98 Å². The molecule has 1 aromatic heterocycles. The molecule has 1 aliphatic carbocycles. The first kappa shape index (κ1) is 12.4. The summed E-state index contributed by atoms with van der Waals surface area (Å²) in [5.74, 6) is -0.138. The molecule has 1 fully saturated rings. The molecule has 1 aliphatic rings. The Bertz CT molecular complexity index is 612. The average Bonchev–Trinajstić information content (AvgIpc) is 3.17. The summed E-state index contributed by atoms with van der Waals surface area (Å²) in [4.78, 5) is 16.0. The van der Waals surface area contributed by atoms with Gasteiger partial charge < -0.3 is 5.11 Å². The minimum atomic E-state index is -0.879. The van der Waals surface area contributed by atoms with Crippen molar-refractivity contribution in [3.63, 3.8) is 0 Å². The second-order valence-electron chi connectivity index (χ2n) is 4.85. The summed E-state index contributed by atoms with van der Waals surface area (Å²) in [5.41, 5.74) is 3.07. The fourth-order valence-corrected chi connectivity index (χ4v) is 3.19. The third kappa shape index (κ3) is 2.40. The number of rotatable bonds is 4. The molecule has 19 heavy (non-hydrogen) atoms. The second kappa shape index (κ2) is 4.78. The predicted octanol–water partition coefficient (Wildman–Crippen LogP) is 3.95. The Balaban J connectivity index is 1.94. The van der Waals surface area contributed by atoms with E-state index in [9.17, 15) is 4.79 Å². The summed E-state index contributed by atoms with van der Waals surface area (Å²) in [6.45, 7) is 1.93. The molecule has 1 aromatic carbocycles. The number of aryl methyl sites for hydroxylation is 1. The van der Waals surface area contributed by atoms with Crippen molar-refractivity contribution in [1.29, 1.82) is 0 Å². The summed E-state index contributed by atoms with van der Waals surface area (Å²) in [6, 6.07) is 8.38. The Morgan fingerprint density at radius 3 is 2.53 bits per heavy atom. The SMILES string of the molecule is CCc1nc(-c2ccc(C3CC3)cc2)sc1C(=O)O. The standard InChI is InChI=1S/C15H15NO2S/c1-2-12-13(15(17)18)19-14(16-12)11-7-5-10(6-8-11)9-3-4-9/h5-9H,2-4H2,1H3,(H,17,18). The van der Waals surface area contributed by atoms with Gasteiger partial charge in [0.1, 0.15) is 9.88 Å². The molecule has 0 bridgehead atoms. The van der Waals surface area contributed by atoms with E-state index in [4.69, 9.17) is 5.11 Å². The van der Waals surface area contributed by atoms with Crippen LogP contribution in [0.2, 0.25) is 0 Å². The van der Waals surface area contributed by atoms with E-state index in [0.29, 0.717) is 17.0 Å². The summed E-state index contributed by atoms with van der Waals surface area (Å²) in [6.07, 6.45) is 3.23. The Hall–Kier alpha value is -1.68. The zero-order chi connectivity index (χ0) is 13.4. The summed E-state index contributed by atoms with van der Waals surface area (Å²) >= 11 is 1.26. The number of hydrogen-bond donors (Lipinski definition) is 1. The lowest BCUT2D eigenvalue weighted by molar-refractivity contribution is 0.0701. The van der Waals surface area contributed by atoms with Gasteiger partial charge in [0.2, 0.25) is 0 Å². The first-order chi connectivity index (χ1) is 9.19. The number of nitrogens with zero attached hydrogens (tertiary/aromatic N) is 1. The molecule has 0 radical (unpaired) electrons. The first-order valence-corrected chi connectivity index (χ1v) is 7.34. The molecule has 1 heterocycles. The lowest BCUT2D eigenvalue weighted by atomic mass is 10.1. The van der Waals surface area contributed by atoms with Crippen molar-refractivity contribution in [3.8, 4) is 10.6 Å². The van der Waals surface area contributed by atoms with Gasteiger partial charge in [-0.1, -0.05) is 31.2 Å². The number of thiazole rings is 1. The van der Waals surface area contributed by atoms with Gasteiger partial charge in [-0.3, -0.25) is 0 Å². The number of benzene rings is 1. The van der Waals surface area contributed by atoms with Gasteiger partial charge in [-0.15, -0.1) is 11.3 Å². The zero-order valence-corrected chi connectivity index (χ0v) is 11.5. The van der Waals surface area contributed by atoms with Crippen LogP contribution in [0.5, 0.6) is 0 Å². The highest BCUT2D eigenvalue weighted by Crippen LogP contribution is 2.40. The molecule has 0 atom stereocenters. The van der Waals surface area contributed by atoms with Gasteiger partial charge in [-0.05, 0) is 30.7 Å². The van der Waals surface area contributed by atoms with E-state index in [1.807, 2.05) is 6.92 Å². The number of carboxylic acids is 1. The van der Waals surface area contributed by atoms with E-state index < -0.39 is 5.97 Å². The second-order valence-corrected chi connectivity index (χ2v) is 5.85. The van der Waals surface area contributed by atoms with Crippen molar-refractivity contribution in [3.05, 3.63) is 40.4 Å². The Labute approximate surface area is 115 Å². The molecule has 1 saturated carbocycles. The van der Waals surface area contributed by atoms with E-state index in [1.54, 1.807) is 0 Å². The van der Waals surface area contributed by atoms with Crippen molar-refractivity contribution in [2.24, 2.45) is 0 Å². The molecule has 2 aromatic rings. The summed E-state index contributed by atoms with van der Waals surface area (Å²) in [5, 5.41) is 9.95. The summed E-state index contributed by atoms with van der Waals surface area (Å²) in [7, 11) is 0. The largest absolute Gasteiger partial charge is 0.477 e. The number of carbonyl (C=O) groups is 1. The third-order valence-electron chi connectivity index (χ3n) is 3.43. The normalized spacial score (nSPS) is 14.6. The van der Waals surface area contributed by atoms with Crippen LogP contribution in [0.25, 0.3) is 10.6 Å². The van der Waals surface area contributed by atoms with Gasteiger partial charge >= 0.3 is 5.97 Å². The Morgan fingerprint density at radius 2 is 2.05 bits per heavy atom. The number of hydrogen-bond acceptors (Lipinski definition) is 3. The molecule has 1 N–H and O–H groups in total. The van der Waals surface area contributed by atoms with Crippen LogP contribution in [-0.4, -0.2) is 16.1 Å². The molecule has 4 heteroatoms. The smallest absolute Gasteiger partial charge is 0.347 e. The quantitative estimate of drug-likeness (QED) is 0.917. The highest BCUT2D eigenvalue weighted by atomic mass is 32.1. The molecule has 0 saturated heterocycles. The van der Waals surface area contributed by atoms with Crippen molar-refractivity contribution in [2.75, 3.05) is 0 Å². The fourth-order valence-electron chi connectivity index (χ4n) is 2.20. The predicted molar refractivity (Wildman–Crippen MR) is 75.9 cm³/mol. The van der Waals surface area contributed by atoms with Gasteiger partial charge in [0, 0.05) is 5.56 Å². The van der Waals surface area contributed by atoms with Crippen molar-refractivity contribution >= 4 is 17.3 Å². The monoisotopic (exact) mass is 273 g/mol. The van der Waals surface area contributed by atoms with Gasteiger partial charge in [-0.25, -0.2) is 9.78 Å². The topological polar surface area (TPSA) is 50.2 Å².